The predicted molar refractivity (Wildman–Crippen MR) is 86.6 cm³/mol. The van der Waals surface area contributed by atoms with Crippen molar-refractivity contribution in [1.29, 1.82) is 0 Å². The second kappa shape index (κ2) is 7.90. The van der Waals surface area contributed by atoms with Crippen LogP contribution in [0.2, 0.25) is 0 Å². The number of H-pyrrole nitrogens is 1. The smallest absolute Gasteiger partial charge is 1.00 e. The maximum atomic E-state index is 3.63. The Labute approximate surface area is 159 Å². The monoisotopic (exact) mass is 381 g/mol. The number of hydrogen-bond acceptors (Lipinski definition) is 0. The fraction of sp³-hybridized carbons (Fsp3) is 0.263. The van der Waals surface area contributed by atoms with E-state index in [4.69, 9.17) is 0 Å². The standard InChI is InChI=1S/C12H11.C7H10N.2ClH.Ti/c1-9(2)12-7-10-5-3-4-6-11(10)8-12;1-5-4-8-7(3)6(5)2;;;/h3-7H,1-2H3;8H,1-3H3;2*1H;/q;;;;+2/p-2. The van der Waals surface area contributed by atoms with Gasteiger partial charge < -0.3 is 24.8 Å². The van der Waals surface area contributed by atoms with Gasteiger partial charge >= 0.3 is 135 Å². The Kier molecular flexibility index (Phi) is 6.98. The zero-order valence-corrected chi connectivity index (χ0v) is 17.2. The van der Waals surface area contributed by atoms with Crippen LogP contribution in [-0.2, 0) is 19.2 Å². The third-order valence-electron chi connectivity index (χ3n) is 4.40. The first-order valence-electron chi connectivity index (χ1n) is 7.40. The van der Waals surface area contributed by atoms with Gasteiger partial charge in [0.1, 0.15) is 0 Å². The van der Waals surface area contributed by atoms with Crippen molar-refractivity contribution >= 4 is 14.0 Å². The van der Waals surface area contributed by atoms with E-state index < -0.39 is 0 Å². The van der Waals surface area contributed by atoms with Gasteiger partial charge in [-0.2, -0.15) is 0 Å². The van der Waals surface area contributed by atoms with E-state index in [1.165, 1.54) is 42.4 Å². The molecule has 0 amide bonds. The van der Waals surface area contributed by atoms with Gasteiger partial charge in [-0.25, -0.2) is 0 Å². The van der Waals surface area contributed by atoms with Crippen molar-refractivity contribution in [3.63, 3.8) is 0 Å². The summed E-state index contributed by atoms with van der Waals surface area (Å²) in [5, 5.41) is 2.82. The minimum atomic E-state index is -0.344. The third-order valence-corrected chi connectivity index (χ3v) is 6.80. The van der Waals surface area contributed by atoms with Gasteiger partial charge in [-0.1, -0.05) is 0 Å². The predicted octanol–water partition coefficient (Wildman–Crippen LogP) is -3.41. The van der Waals surface area contributed by atoms with Crippen LogP contribution in [0.15, 0.2) is 35.4 Å². The summed E-state index contributed by atoms with van der Waals surface area (Å²) in [6.07, 6.45) is 2.36. The molecule has 1 aromatic carbocycles. The summed E-state index contributed by atoms with van der Waals surface area (Å²) in [7, 11) is 0. The number of nitrogens with one attached hydrogen (secondary N) is 1. The first-order valence-corrected chi connectivity index (χ1v) is 8.97. The number of aromatic nitrogens is 1. The molecule has 0 aliphatic heterocycles. The molecule has 0 saturated carbocycles. The van der Waals surface area contributed by atoms with Crippen molar-refractivity contribution in [3.05, 3.63) is 62.7 Å². The van der Waals surface area contributed by atoms with Crippen LogP contribution >= 0.6 is 0 Å². The summed E-state index contributed by atoms with van der Waals surface area (Å²) < 4.78 is 3.05. The molecule has 0 atom stereocenters. The Morgan fingerprint density at radius 3 is 2.17 bits per heavy atom. The van der Waals surface area contributed by atoms with Crippen molar-refractivity contribution in [2.45, 2.75) is 34.6 Å². The van der Waals surface area contributed by atoms with Crippen LogP contribution in [0, 0.1) is 20.8 Å². The number of aromatic amines is 1. The normalized spacial score (nSPS) is 11.9. The second-order valence-electron chi connectivity index (χ2n) is 6.02. The third kappa shape index (κ3) is 3.69. The van der Waals surface area contributed by atoms with Crippen molar-refractivity contribution in [2.75, 3.05) is 0 Å². The molecule has 0 saturated heterocycles. The quantitative estimate of drug-likeness (QED) is 0.522. The summed E-state index contributed by atoms with van der Waals surface area (Å²) in [6.45, 7) is 11.1. The van der Waals surface area contributed by atoms with E-state index >= 15 is 0 Å². The average Bonchev–Trinajstić information content (AvgIpc) is 2.94. The summed E-state index contributed by atoms with van der Waals surface area (Å²) in [6, 6.07) is 8.80. The maximum Gasteiger partial charge on any atom is -1.00 e. The molecule has 1 aromatic heterocycles. The van der Waals surface area contributed by atoms with Crippen molar-refractivity contribution < 1.29 is 44.0 Å². The first-order chi connectivity index (χ1) is 9.99. The molecule has 23 heavy (non-hydrogen) atoms. The van der Waals surface area contributed by atoms with E-state index in [2.05, 4.69) is 69.9 Å². The molecule has 0 spiro atoms. The Morgan fingerprint density at radius 2 is 1.61 bits per heavy atom. The fourth-order valence-corrected chi connectivity index (χ4v) is 5.49. The van der Waals surface area contributed by atoms with Crippen LogP contribution in [0.4, 0.5) is 0 Å². The molecule has 4 heteroatoms. The molecule has 1 aliphatic carbocycles. The molecular formula is C19H21Cl2NTi. The number of allylic oxidation sites excluding steroid dienone is 2. The second-order valence-corrected chi connectivity index (χ2v) is 7.97. The zero-order chi connectivity index (χ0) is 15.1. The number of rotatable bonds is 2. The van der Waals surface area contributed by atoms with Gasteiger partial charge in [0.25, 0.3) is 0 Å². The fourth-order valence-electron chi connectivity index (χ4n) is 2.85. The number of halogens is 2. The van der Waals surface area contributed by atoms with Gasteiger partial charge in [0.2, 0.25) is 0 Å². The van der Waals surface area contributed by atoms with Gasteiger partial charge in [-0.05, 0) is 0 Å². The molecule has 0 bridgehead atoms. The summed E-state index contributed by atoms with van der Waals surface area (Å²) in [4.78, 5) is 3.63. The summed E-state index contributed by atoms with van der Waals surface area (Å²) >= 11 is -0.344. The van der Waals surface area contributed by atoms with Crippen molar-refractivity contribution in [3.8, 4) is 0 Å². The molecule has 1 aliphatic rings. The Bertz CT molecular complexity index is 871. The van der Waals surface area contributed by atoms with Gasteiger partial charge in [0.05, 0.1) is 0 Å². The van der Waals surface area contributed by atoms with E-state index in [0.29, 0.717) is 0 Å². The van der Waals surface area contributed by atoms with E-state index in [1.807, 2.05) is 0 Å². The molecule has 2 aromatic rings. The minimum Gasteiger partial charge on any atom is -1.00 e. The average molecular weight is 382 g/mol. The number of aryl methyl sites for hydroxylation is 1. The Morgan fingerprint density at radius 1 is 0.957 bits per heavy atom. The molecule has 1 heterocycles. The van der Waals surface area contributed by atoms with Crippen LogP contribution < -0.4 is 39.3 Å². The zero-order valence-electron chi connectivity index (χ0n) is 14.1. The van der Waals surface area contributed by atoms with Crippen molar-refractivity contribution in [2.24, 2.45) is 0 Å². The molecular weight excluding hydrogens is 361 g/mol. The van der Waals surface area contributed by atoms with Gasteiger partial charge in [0.15, 0.2) is 0 Å². The largest absolute Gasteiger partial charge is 1.00 e. The molecule has 0 unspecified atom stereocenters. The maximum absolute atomic E-state index is 3.63. The van der Waals surface area contributed by atoms with Crippen LogP contribution in [0.25, 0.3) is 9.95 Å². The van der Waals surface area contributed by atoms with Crippen molar-refractivity contribution in [1.82, 2.24) is 4.98 Å². The molecule has 0 fully saturated rings. The minimum absolute atomic E-state index is 0. The van der Waals surface area contributed by atoms with E-state index in [9.17, 15) is 0 Å². The molecule has 1 N–H and O–H groups in total. The topological polar surface area (TPSA) is 15.8 Å². The van der Waals surface area contributed by atoms with E-state index in [1.54, 1.807) is 3.88 Å². The molecule has 0 radical (unpaired) electrons. The number of benzene rings is 1. The number of fused-ring (bicyclic) bond motifs is 1. The van der Waals surface area contributed by atoms with E-state index in [-0.39, 0.29) is 44.0 Å². The summed E-state index contributed by atoms with van der Waals surface area (Å²) in [5.74, 6) is 0. The summed E-state index contributed by atoms with van der Waals surface area (Å²) in [5.41, 5.74) is 7.07. The van der Waals surface area contributed by atoms with E-state index in [0.717, 1.165) is 0 Å². The van der Waals surface area contributed by atoms with Crippen LogP contribution in [0.1, 0.15) is 30.7 Å². The van der Waals surface area contributed by atoms with Crippen LogP contribution in [0.3, 0.4) is 0 Å². The van der Waals surface area contributed by atoms with Gasteiger partial charge in [0, 0.05) is 0 Å². The SMILES string of the molecule is CC(C)=C1C=c2ccccc2=[C]1[Ti+2][c]1[nH]c(C)c(C)c1C.[Cl-].[Cl-]. The Balaban J connectivity index is 0.00000132. The molecule has 1 nitrogen and oxygen atoms in total. The first kappa shape index (κ1) is 20.3. The Hall–Kier alpha value is -0.726. The number of hydrogen-bond donors (Lipinski definition) is 1. The van der Waals surface area contributed by atoms with Crippen LogP contribution in [-0.4, -0.2) is 4.98 Å². The van der Waals surface area contributed by atoms with Gasteiger partial charge in [-0.3, -0.25) is 0 Å². The molecule has 3 rings (SSSR count). The van der Waals surface area contributed by atoms with Gasteiger partial charge in [-0.15, -0.1) is 0 Å². The van der Waals surface area contributed by atoms with Crippen LogP contribution in [0.5, 0.6) is 0 Å². The molecule has 120 valence electrons.